The number of fused-ring (bicyclic) bond motifs is 3. The molecule has 0 atom stereocenters. The van der Waals surface area contributed by atoms with Crippen molar-refractivity contribution >= 4 is 34.1 Å². The summed E-state index contributed by atoms with van der Waals surface area (Å²) < 4.78 is 2.33. The van der Waals surface area contributed by atoms with Crippen LogP contribution in [0.1, 0.15) is 38.4 Å². The molecule has 7 nitrogen and oxygen atoms in total. The lowest BCUT2D eigenvalue weighted by Crippen LogP contribution is -2.22. The first kappa shape index (κ1) is 18.4. The van der Waals surface area contributed by atoms with Crippen LogP contribution in [0.3, 0.4) is 0 Å². The van der Waals surface area contributed by atoms with Gasteiger partial charge < -0.3 is 15.2 Å². The number of aryl methyl sites for hydroxylation is 2. The number of anilines is 1. The summed E-state index contributed by atoms with van der Waals surface area (Å²) in [7, 11) is 0. The van der Waals surface area contributed by atoms with Crippen LogP contribution in [-0.4, -0.2) is 43.7 Å². The number of unbranched alkanes of at least 4 members (excludes halogenated alkanes) is 2. The maximum absolute atomic E-state index is 6.24. The van der Waals surface area contributed by atoms with Gasteiger partial charge in [-0.05, 0) is 31.4 Å². The number of nitrogens with zero attached hydrogens (tertiary/aromatic N) is 6. The number of imidazole rings is 1. The Morgan fingerprint density at radius 2 is 2.00 bits per heavy atom. The second-order valence-corrected chi connectivity index (χ2v) is 7.18. The van der Waals surface area contributed by atoms with E-state index in [1.165, 1.54) is 0 Å². The van der Waals surface area contributed by atoms with Gasteiger partial charge >= 0.3 is 0 Å². The molecular formula is C21H27N7. The van der Waals surface area contributed by atoms with Crippen molar-refractivity contribution in [1.82, 2.24) is 24.4 Å². The summed E-state index contributed by atoms with van der Waals surface area (Å²) in [5.74, 6) is 1.58. The van der Waals surface area contributed by atoms with Crippen LogP contribution in [0, 0.1) is 0 Å². The molecule has 0 spiro atoms. The lowest BCUT2D eigenvalue weighted by Gasteiger charge is -2.19. The molecule has 0 radical (unpaired) electrons. The van der Waals surface area contributed by atoms with Gasteiger partial charge in [-0.2, -0.15) is 0 Å². The first-order valence-electron chi connectivity index (χ1n) is 10.1. The van der Waals surface area contributed by atoms with Crippen LogP contribution in [0.4, 0.5) is 5.82 Å². The van der Waals surface area contributed by atoms with E-state index in [0.29, 0.717) is 5.82 Å². The van der Waals surface area contributed by atoms with Crippen LogP contribution in [-0.2, 0) is 13.0 Å². The Morgan fingerprint density at radius 3 is 2.82 bits per heavy atom. The molecule has 1 aliphatic rings. The standard InChI is InChI=1S/C21H27N7/c1-2-3-8-17-26-19-20(18-16(25-21(19)22)7-6-9-24-18)28(17)13-5-4-12-27-14-10-23-11-15-27/h6-7,9-11,14H,2-5,8,12-13,15H2,1H3,(H2,22,25). The third-order valence-corrected chi connectivity index (χ3v) is 5.16. The molecule has 0 aliphatic carbocycles. The zero-order valence-corrected chi connectivity index (χ0v) is 16.4. The fraction of sp³-hybridized carbons (Fsp3) is 0.429. The van der Waals surface area contributed by atoms with E-state index in [0.717, 1.165) is 79.6 Å². The van der Waals surface area contributed by atoms with Crippen molar-refractivity contribution < 1.29 is 0 Å². The molecular weight excluding hydrogens is 350 g/mol. The lowest BCUT2D eigenvalue weighted by molar-refractivity contribution is 0.401. The summed E-state index contributed by atoms with van der Waals surface area (Å²) in [5.41, 5.74) is 9.77. The zero-order valence-electron chi connectivity index (χ0n) is 16.4. The van der Waals surface area contributed by atoms with Crippen molar-refractivity contribution in [1.29, 1.82) is 0 Å². The molecule has 3 aromatic rings. The smallest absolute Gasteiger partial charge is 0.152 e. The molecule has 4 heterocycles. The Balaban J connectivity index is 1.62. The summed E-state index contributed by atoms with van der Waals surface area (Å²) in [4.78, 5) is 20.4. The number of aromatic nitrogens is 4. The number of nitrogen functional groups attached to an aromatic ring is 1. The van der Waals surface area contributed by atoms with E-state index in [9.17, 15) is 0 Å². The number of aliphatic imine (C=N–C) groups is 1. The minimum Gasteiger partial charge on any atom is -0.382 e. The molecule has 146 valence electrons. The molecule has 28 heavy (non-hydrogen) atoms. The van der Waals surface area contributed by atoms with Crippen molar-refractivity contribution in [2.45, 2.75) is 45.6 Å². The van der Waals surface area contributed by atoms with Crippen molar-refractivity contribution in [3.05, 3.63) is 36.6 Å². The quantitative estimate of drug-likeness (QED) is 0.607. The third-order valence-electron chi connectivity index (χ3n) is 5.16. The van der Waals surface area contributed by atoms with Crippen molar-refractivity contribution in [2.24, 2.45) is 4.99 Å². The van der Waals surface area contributed by atoms with Gasteiger partial charge in [0.1, 0.15) is 22.4 Å². The van der Waals surface area contributed by atoms with Crippen LogP contribution >= 0.6 is 0 Å². The third kappa shape index (κ3) is 3.69. The summed E-state index contributed by atoms with van der Waals surface area (Å²) >= 11 is 0. The topological polar surface area (TPSA) is 85.2 Å². The Labute approximate surface area is 165 Å². The van der Waals surface area contributed by atoms with Gasteiger partial charge in [-0.25, -0.2) is 9.97 Å². The minimum absolute atomic E-state index is 0.490. The van der Waals surface area contributed by atoms with Gasteiger partial charge in [-0.15, -0.1) is 0 Å². The van der Waals surface area contributed by atoms with E-state index in [2.05, 4.69) is 37.6 Å². The summed E-state index contributed by atoms with van der Waals surface area (Å²) in [6.07, 6.45) is 13.0. The normalized spacial score (nSPS) is 13.8. The first-order valence-corrected chi connectivity index (χ1v) is 10.1. The largest absolute Gasteiger partial charge is 0.382 e. The van der Waals surface area contributed by atoms with Gasteiger partial charge in [-0.3, -0.25) is 9.98 Å². The van der Waals surface area contributed by atoms with E-state index in [1.54, 1.807) is 0 Å². The lowest BCUT2D eigenvalue weighted by atomic mass is 10.2. The molecule has 0 fully saturated rings. The van der Waals surface area contributed by atoms with Crippen LogP contribution in [0.25, 0.3) is 22.1 Å². The highest BCUT2D eigenvalue weighted by molar-refractivity contribution is 6.04. The highest BCUT2D eigenvalue weighted by atomic mass is 15.1. The maximum Gasteiger partial charge on any atom is 0.152 e. The highest BCUT2D eigenvalue weighted by Crippen LogP contribution is 2.28. The Morgan fingerprint density at radius 1 is 1.11 bits per heavy atom. The molecule has 7 heteroatoms. The zero-order chi connectivity index (χ0) is 19.3. The number of pyridine rings is 2. The van der Waals surface area contributed by atoms with E-state index in [-0.39, 0.29) is 0 Å². The molecule has 0 saturated carbocycles. The van der Waals surface area contributed by atoms with Gasteiger partial charge in [0.15, 0.2) is 5.82 Å². The van der Waals surface area contributed by atoms with E-state index < -0.39 is 0 Å². The van der Waals surface area contributed by atoms with Crippen LogP contribution < -0.4 is 5.73 Å². The predicted molar refractivity (Wildman–Crippen MR) is 114 cm³/mol. The van der Waals surface area contributed by atoms with E-state index >= 15 is 0 Å². The Kier molecular flexibility index (Phi) is 5.50. The van der Waals surface area contributed by atoms with Crippen LogP contribution in [0.5, 0.6) is 0 Å². The average molecular weight is 377 g/mol. The number of hydrogen-bond donors (Lipinski definition) is 1. The van der Waals surface area contributed by atoms with Gasteiger partial charge in [-0.1, -0.05) is 13.3 Å². The second-order valence-electron chi connectivity index (χ2n) is 7.18. The summed E-state index contributed by atoms with van der Waals surface area (Å²) in [6.45, 7) is 5.04. The summed E-state index contributed by atoms with van der Waals surface area (Å²) in [5, 5.41) is 0. The second kappa shape index (κ2) is 8.37. The first-order chi connectivity index (χ1) is 13.8. The monoisotopic (exact) mass is 377 g/mol. The van der Waals surface area contributed by atoms with Crippen LogP contribution in [0.2, 0.25) is 0 Å². The number of nitrogens with two attached hydrogens (primary N) is 1. The van der Waals surface area contributed by atoms with E-state index in [1.807, 2.05) is 30.7 Å². The van der Waals surface area contributed by atoms with Crippen LogP contribution in [0.15, 0.2) is 35.7 Å². The Bertz CT molecular complexity index is 1020. The minimum atomic E-state index is 0.490. The van der Waals surface area contributed by atoms with Gasteiger partial charge in [0.05, 0.1) is 12.1 Å². The molecule has 1 aliphatic heterocycles. The van der Waals surface area contributed by atoms with Crippen molar-refractivity contribution in [3.8, 4) is 0 Å². The van der Waals surface area contributed by atoms with Crippen molar-refractivity contribution in [3.63, 3.8) is 0 Å². The highest BCUT2D eigenvalue weighted by Gasteiger charge is 2.17. The van der Waals surface area contributed by atoms with E-state index in [4.69, 9.17) is 10.7 Å². The van der Waals surface area contributed by atoms with Gasteiger partial charge in [0.25, 0.3) is 0 Å². The number of hydrogen-bond acceptors (Lipinski definition) is 6. The molecule has 3 aromatic heterocycles. The summed E-state index contributed by atoms with van der Waals surface area (Å²) in [6, 6.07) is 3.86. The molecule has 2 N–H and O–H groups in total. The molecule has 0 aromatic carbocycles. The molecule has 0 bridgehead atoms. The molecule has 4 rings (SSSR count). The maximum atomic E-state index is 6.24. The fourth-order valence-corrected chi connectivity index (χ4v) is 3.69. The predicted octanol–water partition coefficient (Wildman–Crippen LogP) is 3.54. The molecule has 0 unspecified atom stereocenters. The fourth-order valence-electron chi connectivity index (χ4n) is 3.69. The average Bonchev–Trinajstić information content (AvgIpc) is 3.10. The number of rotatable bonds is 8. The van der Waals surface area contributed by atoms with Crippen molar-refractivity contribution in [2.75, 3.05) is 18.8 Å². The molecule has 0 saturated heterocycles. The Hall–Kier alpha value is -2.96. The SMILES string of the molecule is CCCCc1nc2c(N)nc3cccnc3c2n1CCCCN1C=CN=CC1. The molecule has 0 amide bonds. The van der Waals surface area contributed by atoms with Gasteiger partial charge in [0.2, 0.25) is 0 Å². The van der Waals surface area contributed by atoms with Gasteiger partial charge in [0, 0.05) is 44.3 Å².